The predicted octanol–water partition coefficient (Wildman–Crippen LogP) is 6.42. The molecule has 0 bridgehead atoms. The SMILES string of the molecule is CCc1cccc(CC)c1-c1cc(Oc2ccc(C(=O)O)cc2F)c(CN2CCOC(C)(C)C2)c(C)n1. The molecule has 1 fully saturated rings. The van der Waals surface area contributed by atoms with Crippen molar-refractivity contribution in [1.29, 1.82) is 0 Å². The quantitative estimate of drug-likeness (QED) is 0.380. The minimum absolute atomic E-state index is 0.0235. The number of carboxylic acids is 1. The molecule has 2 heterocycles. The molecule has 0 radical (unpaired) electrons. The summed E-state index contributed by atoms with van der Waals surface area (Å²) in [6.07, 6.45) is 1.71. The number of nitrogens with zero attached hydrogens (tertiary/aromatic N) is 2. The highest BCUT2D eigenvalue weighted by atomic mass is 19.1. The fraction of sp³-hybridized carbons (Fsp3) is 0.400. The van der Waals surface area contributed by atoms with E-state index in [2.05, 4.69) is 50.8 Å². The molecule has 7 heteroatoms. The molecule has 0 unspecified atom stereocenters. The number of hydrogen-bond donors (Lipinski definition) is 1. The minimum atomic E-state index is -1.19. The molecular weight excluding hydrogens is 471 g/mol. The maximum atomic E-state index is 14.9. The lowest BCUT2D eigenvalue weighted by Crippen LogP contribution is -2.47. The van der Waals surface area contributed by atoms with Gasteiger partial charge in [0.1, 0.15) is 5.75 Å². The first-order chi connectivity index (χ1) is 17.6. The summed E-state index contributed by atoms with van der Waals surface area (Å²) < 4.78 is 27.0. The molecule has 0 spiro atoms. The van der Waals surface area contributed by atoms with Crippen molar-refractivity contribution in [2.45, 2.75) is 59.6 Å². The average molecular weight is 507 g/mol. The Morgan fingerprint density at radius 2 is 1.84 bits per heavy atom. The Kier molecular flexibility index (Phi) is 7.95. The Labute approximate surface area is 218 Å². The van der Waals surface area contributed by atoms with Crippen LogP contribution in [0.3, 0.4) is 0 Å². The summed E-state index contributed by atoms with van der Waals surface area (Å²) >= 11 is 0. The normalized spacial score (nSPS) is 15.5. The number of benzene rings is 2. The first kappa shape index (κ1) is 26.8. The van der Waals surface area contributed by atoms with E-state index in [1.54, 1.807) is 0 Å². The van der Waals surface area contributed by atoms with Crippen molar-refractivity contribution in [3.05, 3.63) is 76.2 Å². The zero-order chi connectivity index (χ0) is 26.7. The van der Waals surface area contributed by atoms with E-state index in [0.29, 0.717) is 18.9 Å². The van der Waals surface area contributed by atoms with Crippen LogP contribution >= 0.6 is 0 Å². The van der Waals surface area contributed by atoms with Gasteiger partial charge in [-0.3, -0.25) is 9.88 Å². The molecule has 1 saturated heterocycles. The van der Waals surface area contributed by atoms with Crippen molar-refractivity contribution >= 4 is 5.97 Å². The summed E-state index contributed by atoms with van der Waals surface area (Å²) in [4.78, 5) is 18.6. The van der Waals surface area contributed by atoms with Gasteiger partial charge in [-0.15, -0.1) is 0 Å². The second-order valence-corrected chi connectivity index (χ2v) is 10.1. The van der Waals surface area contributed by atoms with E-state index in [0.717, 1.165) is 54.5 Å². The molecule has 0 amide bonds. The van der Waals surface area contributed by atoms with E-state index in [1.165, 1.54) is 23.3 Å². The summed E-state index contributed by atoms with van der Waals surface area (Å²) in [6.45, 7) is 13.1. The standard InChI is InChI=1S/C30H35FN2O4/c1-6-20-9-8-10-21(7-2)28(20)25-16-27(37-26-12-11-22(29(34)35)15-24(26)31)23(19(3)32-25)17-33-13-14-36-30(4,5)18-33/h8-12,15-16H,6-7,13-14,17-18H2,1-5H3,(H,34,35). The summed E-state index contributed by atoms with van der Waals surface area (Å²) in [5, 5.41) is 9.22. The van der Waals surface area contributed by atoms with Crippen molar-refractivity contribution < 1.29 is 23.8 Å². The molecule has 0 aliphatic carbocycles. The van der Waals surface area contributed by atoms with Crippen LogP contribution < -0.4 is 4.74 Å². The Morgan fingerprint density at radius 1 is 1.14 bits per heavy atom. The number of hydrogen-bond acceptors (Lipinski definition) is 5. The number of ether oxygens (including phenoxy) is 2. The average Bonchev–Trinajstić information content (AvgIpc) is 2.85. The lowest BCUT2D eigenvalue weighted by atomic mass is 9.94. The molecule has 4 rings (SSSR count). The number of halogens is 1. The Hall–Kier alpha value is -3.29. The van der Waals surface area contributed by atoms with Gasteiger partial charge in [0, 0.05) is 42.5 Å². The number of aromatic carboxylic acids is 1. The number of aryl methyl sites for hydroxylation is 3. The number of aromatic nitrogens is 1. The molecule has 6 nitrogen and oxygen atoms in total. The van der Waals surface area contributed by atoms with Gasteiger partial charge in [-0.1, -0.05) is 32.0 Å². The van der Waals surface area contributed by atoms with Gasteiger partial charge in [-0.25, -0.2) is 9.18 Å². The molecule has 1 N–H and O–H groups in total. The predicted molar refractivity (Wildman–Crippen MR) is 142 cm³/mol. The van der Waals surface area contributed by atoms with E-state index in [4.69, 9.17) is 14.5 Å². The van der Waals surface area contributed by atoms with Crippen LogP contribution in [-0.4, -0.2) is 46.3 Å². The first-order valence-electron chi connectivity index (χ1n) is 12.8. The van der Waals surface area contributed by atoms with Crippen LogP contribution in [0.2, 0.25) is 0 Å². The van der Waals surface area contributed by atoms with Gasteiger partial charge in [0.15, 0.2) is 11.6 Å². The minimum Gasteiger partial charge on any atom is -0.478 e. The van der Waals surface area contributed by atoms with Gasteiger partial charge in [-0.05, 0) is 62.9 Å². The zero-order valence-corrected chi connectivity index (χ0v) is 22.2. The summed E-state index contributed by atoms with van der Waals surface area (Å²) in [5.74, 6) is -1.42. The number of morpholine rings is 1. The molecule has 1 aliphatic heterocycles. The maximum absolute atomic E-state index is 14.9. The number of carbonyl (C=O) groups is 1. The van der Waals surface area contributed by atoms with Crippen LogP contribution in [0.15, 0.2) is 42.5 Å². The lowest BCUT2D eigenvalue weighted by Gasteiger charge is -2.38. The third-order valence-electron chi connectivity index (χ3n) is 6.83. The van der Waals surface area contributed by atoms with Gasteiger partial charge >= 0.3 is 5.97 Å². The topological polar surface area (TPSA) is 71.9 Å². The number of carboxylic acid groups (broad SMARTS) is 1. The second kappa shape index (κ2) is 11.0. The maximum Gasteiger partial charge on any atom is 0.335 e. The van der Waals surface area contributed by atoms with Crippen molar-refractivity contribution in [3.8, 4) is 22.8 Å². The number of rotatable bonds is 8. The zero-order valence-electron chi connectivity index (χ0n) is 22.2. The van der Waals surface area contributed by atoms with E-state index >= 15 is 0 Å². The fourth-order valence-corrected chi connectivity index (χ4v) is 4.96. The molecule has 1 aromatic heterocycles. The molecule has 0 atom stereocenters. The Balaban J connectivity index is 1.82. The molecule has 0 saturated carbocycles. The molecule has 2 aromatic carbocycles. The van der Waals surface area contributed by atoms with Crippen molar-refractivity contribution in [2.75, 3.05) is 19.7 Å². The van der Waals surface area contributed by atoms with Gasteiger partial charge in [0.25, 0.3) is 0 Å². The second-order valence-electron chi connectivity index (χ2n) is 10.1. The molecular formula is C30H35FN2O4. The summed E-state index contributed by atoms with van der Waals surface area (Å²) in [5.41, 5.74) is 5.54. The van der Waals surface area contributed by atoms with E-state index < -0.39 is 11.8 Å². The first-order valence-corrected chi connectivity index (χ1v) is 12.8. The van der Waals surface area contributed by atoms with E-state index in [9.17, 15) is 14.3 Å². The largest absolute Gasteiger partial charge is 0.478 e. The highest BCUT2D eigenvalue weighted by Crippen LogP contribution is 2.36. The van der Waals surface area contributed by atoms with Crippen LogP contribution in [0.5, 0.6) is 11.5 Å². The lowest BCUT2D eigenvalue weighted by molar-refractivity contribution is -0.0884. The van der Waals surface area contributed by atoms with Crippen LogP contribution in [0.25, 0.3) is 11.3 Å². The monoisotopic (exact) mass is 506 g/mol. The van der Waals surface area contributed by atoms with Crippen molar-refractivity contribution in [3.63, 3.8) is 0 Å². The molecule has 196 valence electrons. The third kappa shape index (κ3) is 6.00. The van der Waals surface area contributed by atoms with E-state index in [-0.39, 0.29) is 16.9 Å². The van der Waals surface area contributed by atoms with Gasteiger partial charge in [0.05, 0.1) is 23.5 Å². The van der Waals surface area contributed by atoms with Crippen LogP contribution in [-0.2, 0) is 24.1 Å². The highest BCUT2D eigenvalue weighted by molar-refractivity contribution is 5.87. The van der Waals surface area contributed by atoms with Gasteiger partial charge in [0.2, 0.25) is 0 Å². The summed E-state index contributed by atoms with van der Waals surface area (Å²) in [7, 11) is 0. The van der Waals surface area contributed by atoms with E-state index in [1.807, 2.05) is 13.0 Å². The van der Waals surface area contributed by atoms with Crippen molar-refractivity contribution in [1.82, 2.24) is 9.88 Å². The molecule has 37 heavy (non-hydrogen) atoms. The van der Waals surface area contributed by atoms with Crippen LogP contribution in [0.1, 0.15) is 60.4 Å². The highest BCUT2D eigenvalue weighted by Gasteiger charge is 2.29. The van der Waals surface area contributed by atoms with Gasteiger partial charge < -0.3 is 14.6 Å². The van der Waals surface area contributed by atoms with Gasteiger partial charge in [-0.2, -0.15) is 0 Å². The molecule has 3 aromatic rings. The Bertz CT molecular complexity index is 1280. The third-order valence-corrected chi connectivity index (χ3v) is 6.83. The van der Waals surface area contributed by atoms with Crippen LogP contribution in [0, 0.1) is 12.7 Å². The fourth-order valence-electron chi connectivity index (χ4n) is 4.96. The smallest absolute Gasteiger partial charge is 0.335 e. The number of pyridine rings is 1. The van der Waals surface area contributed by atoms with Crippen LogP contribution in [0.4, 0.5) is 4.39 Å². The van der Waals surface area contributed by atoms with Crippen molar-refractivity contribution in [2.24, 2.45) is 0 Å². The molecule has 1 aliphatic rings. The Morgan fingerprint density at radius 3 is 2.43 bits per heavy atom. The summed E-state index contributed by atoms with van der Waals surface area (Å²) in [6, 6.07) is 11.9.